The molecule has 0 bridgehead atoms. The summed E-state index contributed by atoms with van der Waals surface area (Å²) in [4.78, 5) is 45.2. The first-order valence-corrected chi connectivity index (χ1v) is 12.8. The Morgan fingerprint density at radius 2 is 1.41 bits per heavy atom. The fraction of sp³-hybridized carbons (Fsp3) is 0.300. The van der Waals surface area contributed by atoms with Gasteiger partial charge in [-0.2, -0.15) is 0 Å². The molecule has 2 aliphatic rings. The monoisotopic (exact) mass is 496 g/mol. The van der Waals surface area contributed by atoms with Gasteiger partial charge in [0, 0.05) is 30.9 Å². The van der Waals surface area contributed by atoms with Crippen molar-refractivity contribution in [2.24, 2.45) is 0 Å². The van der Waals surface area contributed by atoms with Gasteiger partial charge in [0.25, 0.3) is 5.91 Å². The van der Waals surface area contributed by atoms with Crippen molar-refractivity contribution in [1.29, 1.82) is 0 Å². The van der Waals surface area contributed by atoms with Crippen LogP contribution in [0.2, 0.25) is 0 Å². The van der Waals surface area contributed by atoms with E-state index in [4.69, 9.17) is 0 Å². The molecular formula is C30H32N4O3. The van der Waals surface area contributed by atoms with Gasteiger partial charge >= 0.3 is 0 Å². The second-order valence-electron chi connectivity index (χ2n) is 9.72. The minimum absolute atomic E-state index is 0.0153. The Bertz CT molecular complexity index is 1230. The van der Waals surface area contributed by atoms with Crippen LogP contribution in [-0.2, 0) is 20.8 Å². The van der Waals surface area contributed by atoms with Crippen LogP contribution >= 0.6 is 0 Å². The first-order chi connectivity index (χ1) is 18.0. The fourth-order valence-corrected chi connectivity index (χ4v) is 5.40. The quantitative estimate of drug-likeness (QED) is 0.538. The molecule has 2 fully saturated rings. The van der Waals surface area contributed by atoms with E-state index in [0.29, 0.717) is 51.1 Å². The van der Waals surface area contributed by atoms with E-state index in [0.717, 1.165) is 11.3 Å². The summed E-state index contributed by atoms with van der Waals surface area (Å²) in [7, 11) is 0. The van der Waals surface area contributed by atoms with Gasteiger partial charge in [0.1, 0.15) is 12.1 Å². The number of rotatable bonds is 7. The summed E-state index contributed by atoms with van der Waals surface area (Å²) in [5.41, 5.74) is 2.04. The van der Waals surface area contributed by atoms with Gasteiger partial charge in [-0.15, -0.1) is 0 Å². The molecule has 2 saturated heterocycles. The average molecular weight is 497 g/mol. The number of likely N-dealkylation sites (tertiary alicyclic amines) is 1. The Morgan fingerprint density at radius 3 is 2.05 bits per heavy atom. The van der Waals surface area contributed by atoms with E-state index in [1.54, 1.807) is 4.90 Å². The average Bonchev–Trinajstić information content (AvgIpc) is 3.19. The highest BCUT2D eigenvalue weighted by Crippen LogP contribution is 2.39. The summed E-state index contributed by atoms with van der Waals surface area (Å²) in [5.74, 6) is -0.149. The van der Waals surface area contributed by atoms with Gasteiger partial charge in [0.15, 0.2) is 0 Å². The standard InChI is InChI=1S/C30H32N4O3/c35-27(31-25-12-6-2-7-13-25)22-33-23-34(26-14-8-3-9-15-26)30(29(33)37)18-20-32(21-19-30)28(36)17-16-24-10-4-1-5-11-24/h1-15H,16-23H2,(H,31,35). The number of piperidine rings is 1. The number of aryl methyl sites for hydroxylation is 1. The van der Waals surface area contributed by atoms with Crippen molar-refractivity contribution in [3.63, 3.8) is 0 Å². The number of amides is 3. The molecule has 3 aromatic rings. The summed E-state index contributed by atoms with van der Waals surface area (Å²) in [6.07, 6.45) is 2.24. The molecular weight excluding hydrogens is 464 g/mol. The van der Waals surface area contributed by atoms with Crippen molar-refractivity contribution in [3.8, 4) is 0 Å². The Kier molecular flexibility index (Phi) is 7.21. The van der Waals surface area contributed by atoms with Crippen molar-refractivity contribution >= 4 is 29.1 Å². The lowest BCUT2D eigenvalue weighted by Gasteiger charge is -2.43. The molecule has 1 N–H and O–H groups in total. The number of para-hydroxylation sites is 2. The van der Waals surface area contributed by atoms with Gasteiger partial charge < -0.3 is 20.0 Å². The first-order valence-electron chi connectivity index (χ1n) is 12.8. The van der Waals surface area contributed by atoms with Crippen LogP contribution in [0, 0.1) is 0 Å². The zero-order valence-corrected chi connectivity index (χ0v) is 20.9. The molecule has 0 radical (unpaired) electrons. The smallest absolute Gasteiger partial charge is 0.250 e. The number of carbonyl (C=O) groups excluding carboxylic acids is 3. The van der Waals surface area contributed by atoms with E-state index in [1.165, 1.54) is 0 Å². The Morgan fingerprint density at radius 1 is 0.811 bits per heavy atom. The zero-order valence-electron chi connectivity index (χ0n) is 20.9. The molecule has 7 nitrogen and oxygen atoms in total. The predicted octanol–water partition coefficient (Wildman–Crippen LogP) is 3.93. The number of hydrogen-bond donors (Lipinski definition) is 1. The van der Waals surface area contributed by atoms with Gasteiger partial charge in [-0.05, 0) is 49.1 Å². The molecule has 1 spiro atoms. The van der Waals surface area contributed by atoms with Gasteiger partial charge in [0.2, 0.25) is 11.8 Å². The lowest BCUT2D eigenvalue weighted by atomic mass is 9.85. The SMILES string of the molecule is O=C(CN1CN(c2ccccc2)C2(CCN(C(=O)CCc3ccccc3)CC2)C1=O)Nc1ccccc1. The van der Waals surface area contributed by atoms with E-state index in [1.807, 2.05) is 95.9 Å². The van der Waals surface area contributed by atoms with E-state index >= 15 is 0 Å². The van der Waals surface area contributed by atoms with E-state index in [2.05, 4.69) is 10.2 Å². The van der Waals surface area contributed by atoms with Gasteiger partial charge in [-0.3, -0.25) is 14.4 Å². The van der Waals surface area contributed by atoms with E-state index in [9.17, 15) is 14.4 Å². The second-order valence-corrected chi connectivity index (χ2v) is 9.72. The highest BCUT2D eigenvalue weighted by Gasteiger charge is 2.54. The van der Waals surface area contributed by atoms with Crippen LogP contribution in [0.25, 0.3) is 0 Å². The number of benzene rings is 3. The van der Waals surface area contributed by atoms with E-state index < -0.39 is 5.54 Å². The number of anilines is 2. The molecule has 0 saturated carbocycles. The third kappa shape index (κ3) is 5.35. The normalized spacial score (nSPS) is 16.8. The summed E-state index contributed by atoms with van der Waals surface area (Å²) in [6.45, 7) is 1.37. The topological polar surface area (TPSA) is 73.0 Å². The van der Waals surface area contributed by atoms with Crippen molar-refractivity contribution in [2.45, 2.75) is 31.2 Å². The third-order valence-corrected chi connectivity index (χ3v) is 7.39. The summed E-state index contributed by atoms with van der Waals surface area (Å²) in [5, 5.41) is 2.88. The molecule has 3 aromatic carbocycles. The highest BCUT2D eigenvalue weighted by molar-refractivity contribution is 5.99. The molecule has 190 valence electrons. The van der Waals surface area contributed by atoms with Crippen LogP contribution in [0.15, 0.2) is 91.0 Å². The lowest BCUT2D eigenvalue weighted by Crippen LogP contribution is -2.57. The Labute approximate surface area is 217 Å². The minimum Gasteiger partial charge on any atom is -0.342 e. The summed E-state index contributed by atoms with van der Waals surface area (Å²) >= 11 is 0. The largest absolute Gasteiger partial charge is 0.342 e. The third-order valence-electron chi connectivity index (χ3n) is 7.39. The van der Waals surface area contributed by atoms with E-state index in [-0.39, 0.29) is 24.3 Å². The minimum atomic E-state index is -0.759. The van der Waals surface area contributed by atoms with Gasteiger partial charge in [-0.1, -0.05) is 66.7 Å². The number of nitrogens with zero attached hydrogens (tertiary/aromatic N) is 3. The molecule has 0 atom stereocenters. The molecule has 3 amide bonds. The molecule has 2 aliphatic heterocycles. The molecule has 0 aromatic heterocycles. The van der Waals surface area contributed by atoms with Crippen LogP contribution in [0.4, 0.5) is 11.4 Å². The van der Waals surface area contributed by atoms with Crippen molar-refractivity contribution in [3.05, 3.63) is 96.6 Å². The summed E-state index contributed by atoms with van der Waals surface area (Å²) in [6, 6.07) is 29.1. The number of carbonyl (C=O) groups is 3. The van der Waals surface area contributed by atoms with Crippen LogP contribution in [0.3, 0.4) is 0 Å². The van der Waals surface area contributed by atoms with Crippen LogP contribution in [0.1, 0.15) is 24.8 Å². The molecule has 5 rings (SSSR count). The van der Waals surface area contributed by atoms with Crippen molar-refractivity contribution in [1.82, 2.24) is 9.80 Å². The molecule has 0 aliphatic carbocycles. The second kappa shape index (κ2) is 10.9. The number of hydrogen-bond acceptors (Lipinski definition) is 4. The van der Waals surface area contributed by atoms with Gasteiger partial charge in [-0.25, -0.2) is 0 Å². The summed E-state index contributed by atoms with van der Waals surface area (Å²) < 4.78 is 0. The molecule has 37 heavy (non-hydrogen) atoms. The van der Waals surface area contributed by atoms with Crippen LogP contribution in [-0.4, -0.2) is 59.4 Å². The molecule has 0 unspecified atom stereocenters. The number of nitrogens with one attached hydrogen (secondary N) is 1. The maximum Gasteiger partial charge on any atom is 0.250 e. The zero-order chi connectivity index (χ0) is 25.7. The first kappa shape index (κ1) is 24.6. The molecule has 7 heteroatoms. The van der Waals surface area contributed by atoms with Gasteiger partial charge in [0.05, 0.1) is 6.67 Å². The Hall–Kier alpha value is -4.13. The predicted molar refractivity (Wildman–Crippen MR) is 144 cm³/mol. The highest BCUT2D eigenvalue weighted by atomic mass is 16.2. The lowest BCUT2D eigenvalue weighted by molar-refractivity contribution is -0.139. The Balaban J connectivity index is 1.27. The van der Waals surface area contributed by atoms with Crippen LogP contribution < -0.4 is 10.2 Å². The van der Waals surface area contributed by atoms with Crippen molar-refractivity contribution in [2.75, 3.05) is 36.5 Å². The maximum atomic E-state index is 13.8. The van der Waals surface area contributed by atoms with Crippen LogP contribution in [0.5, 0.6) is 0 Å². The fourth-order valence-electron chi connectivity index (χ4n) is 5.40. The maximum absolute atomic E-state index is 13.8. The molecule has 2 heterocycles. The van der Waals surface area contributed by atoms with Crippen molar-refractivity contribution < 1.29 is 14.4 Å².